The van der Waals surface area contributed by atoms with E-state index in [1.807, 2.05) is 46.0 Å². The van der Waals surface area contributed by atoms with Gasteiger partial charge in [0.1, 0.15) is 5.75 Å². The van der Waals surface area contributed by atoms with Crippen LogP contribution in [0.2, 0.25) is 0 Å². The molecule has 1 aromatic heterocycles. The van der Waals surface area contributed by atoms with E-state index >= 15 is 0 Å². The lowest BCUT2D eigenvalue weighted by atomic mass is 10.2. The summed E-state index contributed by atoms with van der Waals surface area (Å²) in [5, 5.41) is 4.02. The Hall–Kier alpha value is -2.54. The maximum absolute atomic E-state index is 12.6. The molecule has 0 spiro atoms. The molecule has 0 saturated carbocycles. The van der Waals surface area contributed by atoms with E-state index in [-0.39, 0.29) is 18.9 Å². The van der Waals surface area contributed by atoms with Crippen LogP contribution >= 0.6 is 11.3 Å². The second kappa shape index (κ2) is 9.08. The van der Waals surface area contributed by atoms with Crippen LogP contribution < -0.4 is 15.4 Å². The van der Waals surface area contributed by atoms with Gasteiger partial charge in [-0.3, -0.25) is 9.59 Å². The van der Waals surface area contributed by atoms with Gasteiger partial charge in [-0.05, 0) is 46.7 Å². The van der Waals surface area contributed by atoms with Gasteiger partial charge in [-0.15, -0.1) is 0 Å². The Kier molecular flexibility index (Phi) is 6.82. The van der Waals surface area contributed by atoms with Crippen LogP contribution in [0.1, 0.15) is 12.0 Å². The first-order valence-electron chi connectivity index (χ1n) is 7.92. The molecule has 0 unspecified atom stereocenters. The molecule has 0 aliphatic carbocycles. The van der Waals surface area contributed by atoms with E-state index in [9.17, 15) is 9.59 Å². The number of hydrogen-bond acceptors (Lipinski definition) is 5. The summed E-state index contributed by atoms with van der Waals surface area (Å²) in [5.41, 5.74) is 7.22. The smallest absolute Gasteiger partial charge is 0.242 e. The second-order valence-electron chi connectivity index (χ2n) is 5.72. The number of hydrogen-bond donors (Lipinski definition) is 1. The topological polar surface area (TPSA) is 75.9 Å². The van der Waals surface area contributed by atoms with Crippen LogP contribution in [0.4, 0.5) is 5.69 Å². The fraction of sp³-hybridized carbons (Fsp3) is 0.333. The first-order chi connectivity index (χ1) is 12.0. The maximum Gasteiger partial charge on any atom is 0.242 e. The van der Waals surface area contributed by atoms with Crippen molar-refractivity contribution < 1.29 is 14.3 Å². The summed E-state index contributed by atoms with van der Waals surface area (Å²) in [6.45, 7) is 1.13. The molecule has 1 aromatic carbocycles. The summed E-state index contributed by atoms with van der Waals surface area (Å²) in [6, 6.07) is 9.39. The SMILES string of the molecule is COc1ccc(N(CCC(N)=O)CC(=O)N(C)Cc2ccsc2)cc1. The number of carbonyl (C=O) groups excluding carboxylic acids is 2. The lowest BCUT2D eigenvalue weighted by molar-refractivity contribution is -0.129. The zero-order chi connectivity index (χ0) is 18.2. The number of benzene rings is 1. The number of nitrogens with zero attached hydrogens (tertiary/aromatic N) is 2. The third-order valence-corrected chi connectivity index (χ3v) is 4.55. The van der Waals surface area contributed by atoms with E-state index in [0.29, 0.717) is 13.1 Å². The fourth-order valence-electron chi connectivity index (χ4n) is 2.37. The Morgan fingerprint density at radius 1 is 1.20 bits per heavy atom. The normalized spacial score (nSPS) is 10.3. The minimum Gasteiger partial charge on any atom is -0.497 e. The van der Waals surface area contributed by atoms with Crippen molar-refractivity contribution in [3.63, 3.8) is 0 Å². The number of carbonyl (C=O) groups is 2. The van der Waals surface area contributed by atoms with Gasteiger partial charge in [0.15, 0.2) is 0 Å². The van der Waals surface area contributed by atoms with Crippen molar-refractivity contribution in [2.45, 2.75) is 13.0 Å². The molecule has 0 aliphatic rings. The van der Waals surface area contributed by atoms with E-state index in [0.717, 1.165) is 17.0 Å². The molecule has 0 radical (unpaired) electrons. The molecule has 2 aromatic rings. The van der Waals surface area contributed by atoms with Crippen molar-refractivity contribution in [3.05, 3.63) is 46.7 Å². The number of nitrogens with two attached hydrogens (primary N) is 1. The highest BCUT2D eigenvalue weighted by Crippen LogP contribution is 2.20. The number of thiophene rings is 1. The first kappa shape index (κ1) is 18.8. The predicted octanol–water partition coefficient (Wildman–Crippen LogP) is 2.10. The maximum atomic E-state index is 12.6. The number of methoxy groups -OCH3 is 1. The van der Waals surface area contributed by atoms with E-state index in [1.165, 1.54) is 0 Å². The van der Waals surface area contributed by atoms with Gasteiger partial charge in [-0.25, -0.2) is 0 Å². The molecule has 6 nitrogen and oxygen atoms in total. The summed E-state index contributed by atoms with van der Waals surface area (Å²) < 4.78 is 5.16. The van der Waals surface area contributed by atoms with Gasteiger partial charge in [0, 0.05) is 32.2 Å². The molecular weight excluding hydrogens is 338 g/mol. The highest BCUT2D eigenvalue weighted by atomic mass is 32.1. The van der Waals surface area contributed by atoms with Gasteiger partial charge in [0.05, 0.1) is 13.7 Å². The summed E-state index contributed by atoms with van der Waals surface area (Å²) in [7, 11) is 3.38. The molecular formula is C18H23N3O3S. The third kappa shape index (κ3) is 5.79. The molecule has 2 amide bonds. The standard InChI is InChI=1S/C18H23N3O3S/c1-20(11-14-8-10-25-13-14)18(23)12-21(9-7-17(19)22)15-3-5-16(24-2)6-4-15/h3-6,8,10,13H,7,9,11-12H2,1-2H3,(H2,19,22). The molecule has 25 heavy (non-hydrogen) atoms. The van der Waals surface area contributed by atoms with E-state index in [2.05, 4.69) is 0 Å². The largest absolute Gasteiger partial charge is 0.497 e. The van der Waals surface area contributed by atoms with E-state index in [4.69, 9.17) is 10.5 Å². The van der Waals surface area contributed by atoms with Crippen LogP contribution in [0, 0.1) is 0 Å². The van der Waals surface area contributed by atoms with Gasteiger partial charge in [0.2, 0.25) is 11.8 Å². The minimum atomic E-state index is -0.391. The van der Waals surface area contributed by atoms with Crippen molar-refractivity contribution in [1.29, 1.82) is 0 Å². The molecule has 2 rings (SSSR count). The molecule has 0 aliphatic heterocycles. The number of likely N-dealkylation sites (N-methyl/N-ethyl adjacent to an activating group) is 1. The van der Waals surface area contributed by atoms with Crippen LogP contribution in [-0.2, 0) is 16.1 Å². The van der Waals surface area contributed by atoms with Crippen molar-refractivity contribution in [2.75, 3.05) is 32.1 Å². The highest BCUT2D eigenvalue weighted by molar-refractivity contribution is 7.07. The van der Waals surface area contributed by atoms with Crippen molar-refractivity contribution in [1.82, 2.24) is 4.90 Å². The van der Waals surface area contributed by atoms with E-state index < -0.39 is 5.91 Å². The highest BCUT2D eigenvalue weighted by Gasteiger charge is 2.16. The van der Waals surface area contributed by atoms with Crippen LogP contribution in [0.25, 0.3) is 0 Å². The number of ether oxygens (including phenoxy) is 1. The Bertz CT molecular complexity index is 686. The van der Waals surface area contributed by atoms with Crippen LogP contribution in [0.15, 0.2) is 41.1 Å². The average Bonchev–Trinajstić information content (AvgIpc) is 3.11. The number of amides is 2. The Morgan fingerprint density at radius 3 is 2.48 bits per heavy atom. The summed E-state index contributed by atoms with van der Waals surface area (Å²) in [5.74, 6) is 0.323. The Labute approximate surface area is 151 Å². The van der Waals surface area contributed by atoms with Gasteiger partial charge in [0.25, 0.3) is 0 Å². The number of rotatable bonds is 9. The number of anilines is 1. The van der Waals surface area contributed by atoms with Gasteiger partial charge in [-0.2, -0.15) is 11.3 Å². The molecule has 0 atom stereocenters. The van der Waals surface area contributed by atoms with Gasteiger partial charge < -0.3 is 20.3 Å². The molecule has 134 valence electrons. The fourth-order valence-corrected chi connectivity index (χ4v) is 3.03. The van der Waals surface area contributed by atoms with Crippen molar-refractivity contribution in [3.8, 4) is 5.75 Å². The second-order valence-corrected chi connectivity index (χ2v) is 6.50. The molecule has 7 heteroatoms. The molecule has 0 fully saturated rings. The van der Waals surface area contributed by atoms with Crippen LogP contribution in [0.3, 0.4) is 0 Å². The predicted molar refractivity (Wildman–Crippen MR) is 99.8 cm³/mol. The Balaban J connectivity index is 2.05. The van der Waals surface area contributed by atoms with Crippen LogP contribution in [0.5, 0.6) is 5.75 Å². The quantitative estimate of drug-likeness (QED) is 0.742. The molecule has 0 saturated heterocycles. The molecule has 2 N–H and O–H groups in total. The lowest BCUT2D eigenvalue weighted by Gasteiger charge is -2.26. The van der Waals surface area contributed by atoms with Crippen molar-refractivity contribution in [2.24, 2.45) is 5.73 Å². The van der Waals surface area contributed by atoms with Crippen LogP contribution in [-0.4, -0.2) is 44.0 Å². The monoisotopic (exact) mass is 361 g/mol. The first-order valence-corrected chi connectivity index (χ1v) is 8.86. The Morgan fingerprint density at radius 2 is 1.92 bits per heavy atom. The average molecular weight is 361 g/mol. The third-order valence-electron chi connectivity index (χ3n) is 3.82. The zero-order valence-corrected chi connectivity index (χ0v) is 15.3. The molecule has 0 bridgehead atoms. The zero-order valence-electron chi connectivity index (χ0n) is 14.5. The van der Waals surface area contributed by atoms with Crippen molar-refractivity contribution >= 4 is 28.8 Å². The van der Waals surface area contributed by atoms with Gasteiger partial charge in [-0.1, -0.05) is 0 Å². The summed E-state index contributed by atoms with van der Waals surface area (Å²) >= 11 is 1.61. The summed E-state index contributed by atoms with van der Waals surface area (Å²) in [4.78, 5) is 27.3. The minimum absolute atomic E-state index is 0.0218. The van der Waals surface area contributed by atoms with E-state index in [1.54, 1.807) is 30.4 Å². The lowest BCUT2D eigenvalue weighted by Crippen LogP contribution is -2.39. The summed E-state index contributed by atoms with van der Waals surface area (Å²) in [6.07, 6.45) is 0.188. The number of primary amides is 1. The molecule has 1 heterocycles. The van der Waals surface area contributed by atoms with Gasteiger partial charge >= 0.3 is 0 Å².